The Morgan fingerprint density at radius 2 is 2.25 bits per heavy atom. The Morgan fingerprint density at radius 3 is 2.75 bits per heavy atom. The van der Waals surface area contributed by atoms with Crippen LogP contribution in [0.25, 0.3) is 10.4 Å². The van der Waals surface area contributed by atoms with Gasteiger partial charge in [-0.3, -0.25) is 0 Å². The molecule has 0 aliphatic carbocycles. The summed E-state index contributed by atoms with van der Waals surface area (Å²) in [5.74, 6) is -0.351. The first-order valence-electron chi connectivity index (χ1n) is 3.16. The van der Waals surface area contributed by atoms with Crippen LogP contribution in [0.5, 0.6) is 0 Å². The number of hydrogen-bond acceptors (Lipinski definition) is 1. The molecule has 0 spiro atoms. The molecule has 0 amide bonds. The molecular formula is C7H5BrFN3. The van der Waals surface area contributed by atoms with Gasteiger partial charge in [0.2, 0.25) is 0 Å². The summed E-state index contributed by atoms with van der Waals surface area (Å²) in [7, 11) is 0. The Hall–Kier alpha value is -1.06. The van der Waals surface area contributed by atoms with Crippen molar-refractivity contribution in [3.05, 3.63) is 38.4 Å². The van der Waals surface area contributed by atoms with Crippen molar-refractivity contribution in [2.75, 3.05) is 0 Å². The van der Waals surface area contributed by atoms with E-state index in [1.807, 2.05) is 0 Å². The van der Waals surface area contributed by atoms with Crippen LogP contribution in [0.1, 0.15) is 5.56 Å². The maximum absolute atomic E-state index is 12.7. The van der Waals surface area contributed by atoms with Gasteiger partial charge >= 0.3 is 0 Å². The zero-order valence-electron chi connectivity index (χ0n) is 6.25. The van der Waals surface area contributed by atoms with E-state index < -0.39 is 0 Å². The molecule has 0 aromatic heterocycles. The molecule has 12 heavy (non-hydrogen) atoms. The molecule has 1 aromatic rings. The topological polar surface area (TPSA) is 48.8 Å². The van der Waals surface area contributed by atoms with E-state index in [9.17, 15) is 4.39 Å². The molecule has 0 bridgehead atoms. The Morgan fingerprint density at radius 1 is 1.58 bits per heavy atom. The van der Waals surface area contributed by atoms with Crippen LogP contribution < -0.4 is 0 Å². The average Bonchev–Trinajstić information content (AvgIpc) is 1.96. The quantitative estimate of drug-likeness (QED) is 0.399. The summed E-state index contributed by atoms with van der Waals surface area (Å²) in [6.07, 6.45) is 0. The van der Waals surface area contributed by atoms with E-state index in [4.69, 9.17) is 5.53 Å². The minimum atomic E-state index is -0.351. The number of nitrogens with zero attached hydrogens (tertiary/aromatic N) is 3. The van der Waals surface area contributed by atoms with E-state index in [0.29, 0.717) is 15.7 Å². The fourth-order valence-corrected chi connectivity index (χ4v) is 1.48. The van der Waals surface area contributed by atoms with E-state index in [1.165, 1.54) is 12.1 Å². The fourth-order valence-electron chi connectivity index (χ4n) is 0.866. The Labute approximate surface area is 77.0 Å². The molecule has 0 atom stereocenters. The molecule has 5 heteroatoms. The minimum absolute atomic E-state index is 0.351. The second-order valence-corrected chi connectivity index (χ2v) is 3.10. The lowest BCUT2D eigenvalue weighted by Gasteiger charge is -2.01. The van der Waals surface area contributed by atoms with Gasteiger partial charge in [0.1, 0.15) is 5.82 Å². The molecule has 0 aliphatic rings. The highest BCUT2D eigenvalue weighted by molar-refractivity contribution is 9.10. The zero-order valence-corrected chi connectivity index (χ0v) is 7.84. The monoisotopic (exact) mass is 229 g/mol. The maximum Gasteiger partial charge on any atom is 0.124 e. The van der Waals surface area contributed by atoms with Gasteiger partial charge < -0.3 is 0 Å². The van der Waals surface area contributed by atoms with Crippen molar-refractivity contribution in [2.24, 2.45) is 5.11 Å². The Balaban J connectivity index is 3.37. The van der Waals surface area contributed by atoms with E-state index >= 15 is 0 Å². The highest BCUT2D eigenvalue weighted by Gasteiger charge is 2.03. The van der Waals surface area contributed by atoms with Gasteiger partial charge in [0.15, 0.2) is 0 Å². The Bertz CT molecular complexity index is 335. The van der Waals surface area contributed by atoms with Crippen molar-refractivity contribution in [3.8, 4) is 0 Å². The molecule has 0 aliphatic heterocycles. The smallest absolute Gasteiger partial charge is 0.124 e. The number of benzene rings is 1. The van der Waals surface area contributed by atoms with Crippen LogP contribution >= 0.6 is 15.9 Å². The zero-order chi connectivity index (χ0) is 9.14. The number of rotatable bonds is 1. The maximum atomic E-state index is 12.7. The van der Waals surface area contributed by atoms with Gasteiger partial charge in [-0.2, -0.15) is 0 Å². The van der Waals surface area contributed by atoms with Crippen LogP contribution in [0.2, 0.25) is 0 Å². The number of azide groups is 1. The largest absolute Gasteiger partial charge is 0.207 e. The van der Waals surface area contributed by atoms with E-state index in [2.05, 4.69) is 26.0 Å². The minimum Gasteiger partial charge on any atom is -0.207 e. The van der Waals surface area contributed by atoms with Gasteiger partial charge in [0.25, 0.3) is 0 Å². The molecule has 0 unspecified atom stereocenters. The summed E-state index contributed by atoms with van der Waals surface area (Å²) in [6.45, 7) is 1.68. The fraction of sp³-hybridized carbons (Fsp3) is 0.143. The van der Waals surface area contributed by atoms with Crippen molar-refractivity contribution in [3.63, 3.8) is 0 Å². The van der Waals surface area contributed by atoms with Crippen LogP contribution in [-0.2, 0) is 0 Å². The number of halogens is 2. The molecule has 0 heterocycles. The number of hydrogen-bond donors (Lipinski definition) is 0. The van der Waals surface area contributed by atoms with Crippen LogP contribution in [0.15, 0.2) is 21.7 Å². The summed E-state index contributed by atoms with van der Waals surface area (Å²) >= 11 is 3.09. The van der Waals surface area contributed by atoms with Gasteiger partial charge in [-0.15, -0.1) is 0 Å². The molecule has 62 valence electrons. The molecular weight excluding hydrogens is 225 g/mol. The van der Waals surface area contributed by atoms with Gasteiger partial charge in [-0.05, 0) is 30.2 Å². The van der Waals surface area contributed by atoms with E-state index in [0.717, 1.165) is 0 Å². The lowest BCUT2D eigenvalue weighted by atomic mass is 10.2. The first-order valence-corrected chi connectivity index (χ1v) is 3.95. The lowest BCUT2D eigenvalue weighted by molar-refractivity contribution is 0.626. The Kier molecular flexibility index (Phi) is 2.68. The van der Waals surface area contributed by atoms with Crippen LogP contribution in [-0.4, -0.2) is 0 Å². The molecule has 0 saturated heterocycles. The summed E-state index contributed by atoms with van der Waals surface area (Å²) in [4.78, 5) is 2.63. The van der Waals surface area contributed by atoms with Crippen molar-refractivity contribution in [2.45, 2.75) is 6.92 Å². The third-order valence-corrected chi connectivity index (χ3v) is 1.97. The van der Waals surface area contributed by atoms with Gasteiger partial charge in [0.05, 0.1) is 5.69 Å². The molecule has 3 nitrogen and oxygen atoms in total. The third kappa shape index (κ3) is 1.75. The van der Waals surface area contributed by atoms with Crippen molar-refractivity contribution in [1.29, 1.82) is 0 Å². The van der Waals surface area contributed by atoms with Crippen LogP contribution in [0.3, 0.4) is 0 Å². The summed E-state index contributed by atoms with van der Waals surface area (Å²) in [5.41, 5.74) is 9.22. The lowest BCUT2D eigenvalue weighted by Crippen LogP contribution is -1.79. The average molecular weight is 230 g/mol. The van der Waals surface area contributed by atoms with Crippen LogP contribution in [0, 0.1) is 12.7 Å². The number of aryl methyl sites for hydroxylation is 1. The predicted molar refractivity (Wildman–Crippen MR) is 47.6 cm³/mol. The SMILES string of the molecule is Cc1cc(F)cc(Br)c1N=[N+]=[N-]. The van der Waals surface area contributed by atoms with Gasteiger partial charge in [0, 0.05) is 9.38 Å². The molecule has 1 aromatic carbocycles. The van der Waals surface area contributed by atoms with Crippen molar-refractivity contribution >= 4 is 21.6 Å². The van der Waals surface area contributed by atoms with Crippen molar-refractivity contribution in [1.82, 2.24) is 0 Å². The summed E-state index contributed by atoms with van der Waals surface area (Å²) in [5, 5.41) is 3.41. The van der Waals surface area contributed by atoms with E-state index in [1.54, 1.807) is 6.92 Å². The van der Waals surface area contributed by atoms with Crippen LogP contribution in [0.4, 0.5) is 10.1 Å². The van der Waals surface area contributed by atoms with Crippen molar-refractivity contribution < 1.29 is 4.39 Å². The van der Waals surface area contributed by atoms with E-state index in [-0.39, 0.29) is 5.82 Å². The second-order valence-electron chi connectivity index (χ2n) is 2.24. The first-order chi connectivity index (χ1) is 5.65. The highest BCUT2D eigenvalue weighted by Crippen LogP contribution is 2.30. The molecule has 0 fully saturated rings. The first kappa shape index (κ1) is 9.03. The van der Waals surface area contributed by atoms with Gasteiger partial charge in [-0.25, -0.2) is 4.39 Å². The summed E-state index contributed by atoms with van der Waals surface area (Å²) < 4.78 is 13.2. The summed E-state index contributed by atoms with van der Waals surface area (Å²) in [6, 6.07) is 2.58. The standard InChI is InChI=1S/C7H5BrFN3/c1-4-2-5(9)3-6(8)7(4)11-12-10/h2-3H,1H3. The predicted octanol–water partition coefficient (Wildman–Crippen LogP) is 3.84. The molecule has 0 N–H and O–H groups in total. The molecule has 1 rings (SSSR count). The molecule has 0 saturated carbocycles. The molecule has 0 radical (unpaired) electrons. The van der Waals surface area contributed by atoms with Gasteiger partial charge in [-0.1, -0.05) is 21.0 Å². The second kappa shape index (κ2) is 3.56. The third-order valence-electron chi connectivity index (χ3n) is 1.36. The highest BCUT2D eigenvalue weighted by atomic mass is 79.9. The normalized spacial score (nSPS) is 9.25.